The maximum atomic E-state index is 5.62. The summed E-state index contributed by atoms with van der Waals surface area (Å²) in [5.74, 6) is 0.781. The maximum absolute atomic E-state index is 5.62. The number of methoxy groups -OCH3 is 2. The first-order chi connectivity index (χ1) is 11.7. The summed E-state index contributed by atoms with van der Waals surface area (Å²) in [4.78, 5) is 6.50. The Morgan fingerprint density at radius 3 is 2.75 bits per heavy atom. The lowest BCUT2D eigenvalue weighted by Crippen LogP contribution is -2.39. The fourth-order valence-corrected chi connectivity index (χ4v) is 2.71. The maximum Gasteiger partial charge on any atom is 0.174 e. The molecule has 0 aliphatic carbocycles. The second-order valence-electron chi connectivity index (χ2n) is 5.28. The van der Waals surface area contributed by atoms with Crippen molar-refractivity contribution in [2.24, 2.45) is 0 Å². The molecule has 0 spiro atoms. The summed E-state index contributed by atoms with van der Waals surface area (Å²) < 4.78 is 10.5. The van der Waals surface area contributed by atoms with Gasteiger partial charge in [-0.2, -0.15) is 0 Å². The molecule has 128 valence electrons. The third-order valence-corrected chi connectivity index (χ3v) is 4.04. The van der Waals surface area contributed by atoms with E-state index in [0.717, 1.165) is 17.1 Å². The Morgan fingerprint density at radius 1 is 1.25 bits per heavy atom. The molecule has 0 fully saturated rings. The second kappa shape index (κ2) is 9.20. The predicted molar refractivity (Wildman–Crippen MR) is 100 cm³/mol. The molecule has 0 aliphatic heterocycles. The van der Waals surface area contributed by atoms with Gasteiger partial charge < -0.3 is 19.7 Å². The number of thiocarbonyl (C=S) groups is 1. The van der Waals surface area contributed by atoms with Crippen molar-refractivity contribution in [3.8, 4) is 5.75 Å². The summed E-state index contributed by atoms with van der Waals surface area (Å²) in [6.45, 7) is 3.33. The van der Waals surface area contributed by atoms with Crippen molar-refractivity contribution in [1.82, 2.24) is 9.88 Å². The topological polar surface area (TPSA) is 46.6 Å². The number of nitrogens with one attached hydrogen (secondary N) is 1. The average molecular weight is 345 g/mol. The molecule has 1 aromatic heterocycles. The van der Waals surface area contributed by atoms with Crippen LogP contribution in [0.2, 0.25) is 0 Å². The Labute approximate surface area is 148 Å². The van der Waals surface area contributed by atoms with E-state index in [-0.39, 0.29) is 6.04 Å². The molecule has 0 saturated heterocycles. The monoisotopic (exact) mass is 345 g/mol. The van der Waals surface area contributed by atoms with Crippen LogP contribution in [0.15, 0.2) is 48.7 Å². The van der Waals surface area contributed by atoms with E-state index in [1.807, 2.05) is 42.5 Å². The first kappa shape index (κ1) is 18.2. The van der Waals surface area contributed by atoms with Crippen LogP contribution in [0, 0.1) is 0 Å². The molecule has 0 amide bonds. The fraction of sp³-hybridized carbons (Fsp3) is 0.333. The molecule has 1 atom stereocenters. The van der Waals surface area contributed by atoms with Crippen LogP contribution in [0.3, 0.4) is 0 Å². The highest BCUT2D eigenvalue weighted by molar-refractivity contribution is 7.80. The molecular weight excluding hydrogens is 322 g/mol. The Balaban J connectivity index is 2.15. The molecule has 6 heteroatoms. The molecule has 0 unspecified atom stereocenters. The molecular formula is C18H23N3O2S. The third-order valence-electron chi connectivity index (χ3n) is 3.70. The minimum Gasteiger partial charge on any atom is -0.497 e. The normalized spacial score (nSPS) is 11.6. The van der Waals surface area contributed by atoms with Gasteiger partial charge in [-0.05, 0) is 43.4 Å². The van der Waals surface area contributed by atoms with Crippen LogP contribution in [0.4, 0.5) is 5.69 Å². The predicted octanol–water partition coefficient (Wildman–Crippen LogP) is 3.50. The molecule has 24 heavy (non-hydrogen) atoms. The first-order valence-corrected chi connectivity index (χ1v) is 8.18. The number of hydrogen-bond acceptors (Lipinski definition) is 4. The first-order valence-electron chi connectivity index (χ1n) is 7.77. The minimum atomic E-state index is 0.0342. The van der Waals surface area contributed by atoms with Crippen LogP contribution in [-0.2, 0) is 4.74 Å². The zero-order valence-electron chi connectivity index (χ0n) is 14.2. The number of nitrogens with zero attached hydrogens (tertiary/aromatic N) is 2. The lowest BCUT2D eigenvalue weighted by atomic mass is 10.2. The van der Waals surface area contributed by atoms with E-state index >= 15 is 0 Å². The van der Waals surface area contributed by atoms with Gasteiger partial charge >= 0.3 is 0 Å². The minimum absolute atomic E-state index is 0.0342. The molecule has 1 aromatic carbocycles. The zero-order chi connectivity index (χ0) is 17.4. The van der Waals surface area contributed by atoms with Gasteiger partial charge in [-0.15, -0.1) is 0 Å². The van der Waals surface area contributed by atoms with Crippen molar-refractivity contribution in [1.29, 1.82) is 0 Å². The number of aromatic nitrogens is 1. The van der Waals surface area contributed by atoms with Gasteiger partial charge in [0, 0.05) is 31.6 Å². The van der Waals surface area contributed by atoms with E-state index in [2.05, 4.69) is 22.1 Å². The van der Waals surface area contributed by atoms with E-state index in [1.54, 1.807) is 20.4 Å². The van der Waals surface area contributed by atoms with Gasteiger partial charge in [0.1, 0.15) is 5.75 Å². The smallest absolute Gasteiger partial charge is 0.174 e. The van der Waals surface area contributed by atoms with Crippen LogP contribution < -0.4 is 10.1 Å². The van der Waals surface area contributed by atoms with Crippen LogP contribution in [0.1, 0.15) is 18.7 Å². The fourth-order valence-electron chi connectivity index (χ4n) is 2.34. The van der Waals surface area contributed by atoms with Gasteiger partial charge in [0.05, 0.1) is 25.5 Å². The number of pyridine rings is 1. The van der Waals surface area contributed by atoms with E-state index in [1.165, 1.54) is 0 Å². The standard InChI is InChI=1S/C18H23N3O2S/c1-14(17-9-4-5-10-19-17)21(11-12-22-2)18(24)20-15-7-6-8-16(13-15)23-3/h4-10,13-14H,11-12H2,1-3H3,(H,20,24)/t14-/m1/s1. The number of hydrogen-bond donors (Lipinski definition) is 1. The van der Waals surface area contributed by atoms with Crippen LogP contribution in [-0.4, -0.2) is 42.4 Å². The molecule has 2 aromatic rings. The third kappa shape index (κ3) is 4.91. The van der Waals surface area contributed by atoms with Crippen molar-refractivity contribution in [2.45, 2.75) is 13.0 Å². The van der Waals surface area contributed by atoms with Crippen LogP contribution in [0.25, 0.3) is 0 Å². The molecule has 0 bridgehead atoms. The van der Waals surface area contributed by atoms with Crippen molar-refractivity contribution in [3.05, 3.63) is 54.4 Å². The number of anilines is 1. The summed E-state index contributed by atoms with van der Waals surface area (Å²) in [5.41, 5.74) is 1.85. The molecule has 0 radical (unpaired) electrons. The quantitative estimate of drug-likeness (QED) is 0.775. The average Bonchev–Trinajstić information content (AvgIpc) is 2.62. The molecule has 1 N–H and O–H groups in total. The summed E-state index contributed by atoms with van der Waals surface area (Å²) in [6.07, 6.45) is 1.79. The van der Waals surface area contributed by atoms with Gasteiger partial charge in [-0.1, -0.05) is 12.1 Å². The summed E-state index contributed by atoms with van der Waals surface area (Å²) in [6, 6.07) is 13.6. The number of ether oxygens (including phenoxy) is 2. The second-order valence-corrected chi connectivity index (χ2v) is 5.67. The van der Waals surface area contributed by atoms with Crippen LogP contribution in [0.5, 0.6) is 5.75 Å². The Bertz CT molecular complexity index is 652. The van der Waals surface area contributed by atoms with Crippen molar-refractivity contribution >= 4 is 23.0 Å². The lowest BCUT2D eigenvalue weighted by molar-refractivity contribution is 0.164. The highest BCUT2D eigenvalue weighted by Crippen LogP contribution is 2.21. The van der Waals surface area contributed by atoms with Crippen molar-refractivity contribution in [2.75, 3.05) is 32.7 Å². The summed E-state index contributed by atoms with van der Waals surface area (Å²) >= 11 is 5.62. The number of benzene rings is 1. The SMILES string of the molecule is COCCN(C(=S)Nc1cccc(OC)c1)[C@H](C)c1ccccn1. The van der Waals surface area contributed by atoms with Gasteiger partial charge in [0.25, 0.3) is 0 Å². The number of rotatable bonds is 7. The lowest BCUT2D eigenvalue weighted by Gasteiger charge is -2.31. The Kier molecular flexibility index (Phi) is 6.96. The summed E-state index contributed by atoms with van der Waals surface area (Å²) in [5, 5.41) is 3.89. The zero-order valence-corrected chi connectivity index (χ0v) is 15.0. The molecule has 1 heterocycles. The Hall–Kier alpha value is -2.18. The van der Waals surface area contributed by atoms with E-state index < -0.39 is 0 Å². The highest BCUT2D eigenvalue weighted by atomic mass is 32.1. The molecule has 5 nitrogen and oxygen atoms in total. The Morgan fingerprint density at radius 2 is 2.08 bits per heavy atom. The van der Waals surface area contributed by atoms with E-state index in [9.17, 15) is 0 Å². The van der Waals surface area contributed by atoms with E-state index in [0.29, 0.717) is 18.3 Å². The van der Waals surface area contributed by atoms with E-state index in [4.69, 9.17) is 21.7 Å². The van der Waals surface area contributed by atoms with Crippen LogP contribution >= 0.6 is 12.2 Å². The van der Waals surface area contributed by atoms with Gasteiger partial charge in [0.15, 0.2) is 5.11 Å². The summed E-state index contributed by atoms with van der Waals surface area (Å²) in [7, 11) is 3.33. The molecule has 2 rings (SSSR count). The molecule has 0 saturated carbocycles. The van der Waals surface area contributed by atoms with Gasteiger partial charge in [0.2, 0.25) is 0 Å². The van der Waals surface area contributed by atoms with Crippen molar-refractivity contribution in [3.63, 3.8) is 0 Å². The molecule has 0 aliphatic rings. The van der Waals surface area contributed by atoms with Gasteiger partial charge in [-0.3, -0.25) is 4.98 Å². The largest absolute Gasteiger partial charge is 0.497 e. The van der Waals surface area contributed by atoms with Gasteiger partial charge in [-0.25, -0.2) is 0 Å². The highest BCUT2D eigenvalue weighted by Gasteiger charge is 2.19. The van der Waals surface area contributed by atoms with Crippen molar-refractivity contribution < 1.29 is 9.47 Å².